The molecule has 5 nitrogen and oxygen atoms in total. The number of esters is 2. The quantitative estimate of drug-likeness (QED) is 0.463. The van der Waals surface area contributed by atoms with E-state index in [0.29, 0.717) is 0 Å². The molecule has 0 amide bonds. The van der Waals surface area contributed by atoms with Gasteiger partial charge in [0, 0.05) is 19.0 Å². The van der Waals surface area contributed by atoms with Crippen molar-refractivity contribution in [2.75, 3.05) is 6.16 Å². The van der Waals surface area contributed by atoms with Crippen LogP contribution in [0.15, 0.2) is 60.7 Å². The summed E-state index contributed by atoms with van der Waals surface area (Å²) in [7, 11) is -0.111. The highest BCUT2D eigenvalue weighted by molar-refractivity contribution is 7.23. The van der Waals surface area contributed by atoms with Crippen molar-refractivity contribution in [1.82, 2.24) is 0 Å². The maximum atomic E-state index is 12.0. The maximum Gasteiger partial charge on any atom is 0.306 e. The SMILES string of the molecule is O=PCC(CC(=O)OCc1ccccc1)CC(=O)OCc1ccccc1. The summed E-state index contributed by atoms with van der Waals surface area (Å²) in [4.78, 5) is 24.0. The molecule has 0 unspecified atom stereocenters. The number of benzene rings is 2. The van der Waals surface area contributed by atoms with Crippen molar-refractivity contribution < 1.29 is 23.6 Å². The molecule has 0 fully saturated rings. The van der Waals surface area contributed by atoms with Crippen molar-refractivity contribution in [2.24, 2.45) is 5.92 Å². The number of hydrogen-bond acceptors (Lipinski definition) is 5. The summed E-state index contributed by atoms with van der Waals surface area (Å²) >= 11 is 0. The van der Waals surface area contributed by atoms with Crippen molar-refractivity contribution in [3.8, 4) is 0 Å². The van der Waals surface area contributed by atoms with E-state index in [2.05, 4.69) is 0 Å². The van der Waals surface area contributed by atoms with Gasteiger partial charge < -0.3 is 9.47 Å². The molecule has 0 aliphatic carbocycles. The highest BCUT2D eigenvalue weighted by atomic mass is 31.1. The van der Waals surface area contributed by atoms with Crippen LogP contribution in [0, 0.1) is 5.92 Å². The third-order valence-corrected chi connectivity index (χ3v) is 4.39. The van der Waals surface area contributed by atoms with Crippen LogP contribution in [0.4, 0.5) is 0 Å². The Hall–Kier alpha value is -2.52. The summed E-state index contributed by atoms with van der Waals surface area (Å²) in [6.07, 6.45) is 0.270. The van der Waals surface area contributed by atoms with E-state index in [1.165, 1.54) is 0 Å². The van der Waals surface area contributed by atoms with E-state index in [4.69, 9.17) is 9.47 Å². The Kier molecular flexibility index (Phi) is 8.50. The normalized spacial score (nSPS) is 10.7. The number of carbonyl (C=O) groups excluding carboxylic acids is 2. The lowest BCUT2D eigenvalue weighted by atomic mass is 10.0. The van der Waals surface area contributed by atoms with Gasteiger partial charge in [0.1, 0.15) is 13.2 Å². The average molecular weight is 372 g/mol. The molecule has 0 aliphatic rings. The van der Waals surface area contributed by atoms with Crippen LogP contribution in [-0.2, 0) is 36.8 Å². The molecule has 0 spiro atoms. The lowest BCUT2D eigenvalue weighted by Gasteiger charge is -2.13. The van der Waals surface area contributed by atoms with Gasteiger partial charge in [-0.2, -0.15) is 0 Å². The summed E-state index contributed by atoms with van der Waals surface area (Å²) in [5, 5.41) is 0. The molecule has 0 N–H and O–H groups in total. The zero-order valence-corrected chi connectivity index (χ0v) is 15.3. The molecule has 2 aromatic rings. The molecule has 0 aliphatic heterocycles. The van der Waals surface area contributed by atoms with Crippen LogP contribution in [0.2, 0.25) is 0 Å². The zero-order chi connectivity index (χ0) is 18.6. The van der Waals surface area contributed by atoms with Crippen LogP contribution >= 0.6 is 8.46 Å². The Labute approximate surface area is 154 Å². The van der Waals surface area contributed by atoms with Crippen molar-refractivity contribution in [3.63, 3.8) is 0 Å². The van der Waals surface area contributed by atoms with E-state index >= 15 is 0 Å². The van der Waals surface area contributed by atoms with Gasteiger partial charge in [-0.3, -0.25) is 14.2 Å². The van der Waals surface area contributed by atoms with Crippen LogP contribution in [-0.4, -0.2) is 18.1 Å². The van der Waals surface area contributed by atoms with Crippen LogP contribution in [0.3, 0.4) is 0 Å². The van der Waals surface area contributed by atoms with Gasteiger partial charge >= 0.3 is 11.9 Å². The lowest BCUT2D eigenvalue weighted by Crippen LogP contribution is -2.18. The van der Waals surface area contributed by atoms with Crippen molar-refractivity contribution in [3.05, 3.63) is 71.8 Å². The first kappa shape index (κ1) is 19.8. The third-order valence-electron chi connectivity index (χ3n) is 3.73. The molecule has 0 atom stereocenters. The highest BCUT2D eigenvalue weighted by Crippen LogP contribution is 2.17. The van der Waals surface area contributed by atoms with E-state index in [1.807, 2.05) is 60.7 Å². The highest BCUT2D eigenvalue weighted by Gasteiger charge is 2.20. The number of hydrogen-bond donors (Lipinski definition) is 0. The smallest absolute Gasteiger partial charge is 0.306 e. The first-order valence-corrected chi connectivity index (χ1v) is 9.35. The topological polar surface area (TPSA) is 69.7 Å². The lowest BCUT2D eigenvalue weighted by molar-refractivity contribution is -0.148. The molecule has 2 rings (SSSR count). The van der Waals surface area contributed by atoms with Gasteiger partial charge in [0.15, 0.2) is 8.46 Å². The number of carbonyl (C=O) groups is 2. The molecular weight excluding hydrogens is 351 g/mol. The van der Waals surface area contributed by atoms with Gasteiger partial charge in [0.05, 0.1) is 0 Å². The van der Waals surface area contributed by atoms with Gasteiger partial charge in [0.2, 0.25) is 0 Å². The fourth-order valence-electron chi connectivity index (χ4n) is 2.37. The largest absolute Gasteiger partial charge is 0.461 e. The molecular formula is C20H21O5P. The molecule has 0 radical (unpaired) electrons. The van der Waals surface area contributed by atoms with Crippen LogP contribution in [0.1, 0.15) is 24.0 Å². The fraction of sp³-hybridized carbons (Fsp3) is 0.300. The predicted molar refractivity (Wildman–Crippen MR) is 97.7 cm³/mol. The molecule has 0 saturated carbocycles. The minimum Gasteiger partial charge on any atom is -0.461 e. The Balaban J connectivity index is 1.76. The second-order valence-corrected chi connectivity index (χ2v) is 6.50. The summed E-state index contributed by atoms with van der Waals surface area (Å²) in [5.41, 5.74) is 1.78. The Morgan fingerprint density at radius 1 is 0.769 bits per heavy atom. The Morgan fingerprint density at radius 2 is 1.19 bits per heavy atom. The molecule has 136 valence electrons. The molecule has 2 aromatic carbocycles. The second-order valence-electron chi connectivity index (χ2n) is 5.88. The van der Waals surface area contributed by atoms with E-state index in [0.717, 1.165) is 11.1 Å². The van der Waals surface area contributed by atoms with Crippen molar-refractivity contribution >= 4 is 20.4 Å². The Bertz CT molecular complexity index is 645. The Morgan fingerprint density at radius 3 is 1.58 bits per heavy atom. The number of ether oxygens (including phenoxy) is 2. The van der Waals surface area contributed by atoms with Gasteiger partial charge in [-0.05, 0) is 17.0 Å². The second kappa shape index (κ2) is 11.2. The van der Waals surface area contributed by atoms with Gasteiger partial charge in [-0.1, -0.05) is 60.7 Å². The third kappa shape index (κ3) is 7.58. The zero-order valence-electron chi connectivity index (χ0n) is 14.4. The minimum atomic E-state index is -0.418. The summed E-state index contributed by atoms with van der Waals surface area (Å²) in [5.74, 6) is -1.21. The van der Waals surface area contributed by atoms with E-state index in [9.17, 15) is 14.2 Å². The molecule has 0 aromatic heterocycles. The van der Waals surface area contributed by atoms with Crippen LogP contribution in [0.25, 0.3) is 0 Å². The van der Waals surface area contributed by atoms with Crippen molar-refractivity contribution in [2.45, 2.75) is 26.1 Å². The average Bonchev–Trinajstić information content (AvgIpc) is 2.66. The first-order chi connectivity index (χ1) is 12.7. The van der Waals surface area contributed by atoms with Gasteiger partial charge in [-0.25, -0.2) is 0 Å². The molecule has 6 heteroatoms. The van der Waals surface area contributed by atoms with Gasteiger partial charge in [0.25, 0.3) is 0 Å². The van der Waals surface area contributed by atoms with E-state index in [-0.39, 0.29) is 46.6 Å². The summed E-state index contributed by atoms with van der Waals surface area (Å²) in [6, 6.07) is 18.7. The van der Waals surface area contributed by atoms with Crippen molar-refractivity contribution in [1.29, 1.82) is 0 Å². The summed E-state index contributed by atoms with van der Waals surface area (Å²) in [6.45, 7) is 0.361. The van der Waals surface area contributed by atoms with Crippen LogP contribution in [0.5, 0.6) is 0 Å². The first-order valence-electron chi connectivity index (χ1n) is 8.35. The predicted octanol–water partition coefficient (Wildman–Crippen LogP) is 4.16. The fourth-order valence-corrected chi connectivity index (χ4v) is 2.84. The molecule has 0 heterocycles. The molecule has 0 saturated heterocycles. The van der Waals surface area contributed by atoms with E-state index < -0.39 is 11.9 Å². The minimum absolute atomic E-state index is 0.0303. The van der Waals surface area contributed by atoms with Crippen LogP contribution < -0.4 is 0 Å². The monoisotopic (exact) mass is 372 g/mol. The number of rotatable bonds is 10. The summed E-state index contributed by atoms with van der Waals surface area (Å²) < 4.78 is 21.4. The molecule has 26 heavy (non-hydrogen) atoms. The standard InChI is InChI=1S/C20H21O5P/c21-19(24-13-16-7-3-1-4-8-16)11-18(15-26-23)12-20(22)25-14-17-9-5-2-6-10-17/h1-10,18H,11-15H2. The van der Waals surface area contributed by atoms with Gasteiger partial charge in [-0.15, -0.1) is 0 Å². The van der Waals surface area contributed by atoms with E-state index in [1.54, 1.807) is 0 Å². The maximum absolute atomic E-state index is 12.0. The molecule has 0 bridgehead atoms.